The van der Waals surface area contributed by atoms with Crippen molar-refractivity contribution in [1.29, 1.82) is 0 Å². The Morgan fingerprint density at radius 2 is 1.70 bits per heavy atom. The van der Waals surface area contributed by atoms with Crippen LogP contribution in [-0.4, -0.2) is 54.9 Å². The van der Waals surface area contributed by atoms with E-state index < -0.39 is 11.7 Å². The molecule has 0 fully saturated rings. The molecule has 10 nitrogen and oxygen atoms in total. The summed E-state index contributed by atoms with van der Waals surface area (Å²) < 4.78 is 15.6. The van der Waals surface area contributed by atoms with Crippen LogP contribution in [0.5, 0.6) is 0 Å². The minimum atomic E-state index is -0.485. The van der Waals surface area contributed by atoms with E-state index in [4.69, 9.17) is 16.6 Å². The van der Waals surface area contributed by atoms with Crippen LogP contribution < -0.4 is 5.32 Å². The predicted octanol–water partition coefficient (Wildman–Crippen LogP) is 5.21. The molecular weight excluding hydrogens is 609 g/mol. The maximum atomic E-state index is 14.1. The third-order valence-electron chi connectivity index (χ3n) is 8.70. The van der Waals surface area contributed by atoms with Gasteiger partial charge in [-0.25, -0.2) is 4.39 Å². The number of halogens is 2. The summed E-state index contributed by atoms with van der Waals surface area (Å²) in [5.41, 5.74) is 4.57. The zero-order valence-corrected chi connectivity index (χ0v) is 26.2. The largest absolute Gasteiger partial charge is 0.346 e. The number of benzene rings is 2. The number of fused-ring (bicyclic) bond motifs is 1. The molecule has 12 heteroatoms. The van der Waals surface area contributed by atoms with Crippen LogP contribution in [0.15, 0.2) is 89.5 Å². The zero-order valence-electron chi connectivity index (χ0n) is 25.4. The molecular formula is C34H31ClFN7O3. The molecule has 2 aliphatic rings. The van der Waals surface area contributed by atoms with E-state index in [0.29, 0.717) is 33.7 Å². The SMILES string of the molecule is CC1=C(C(=O)NCc2cn(CCN3C(=O)c4ccccc4C3=O)nn2)C(c2ccc(F)cc2Cl)C(C)C(C)C(c2ccncc2)=N1. The Morgan fingerprint density at radius 3 is 2.37 bits per heavy atom. The van der Waals surface area contributed by atoms with Crippen LogP contribution in [0.25, 0.3) is 0 Å². The lowest BCUT2D eigenvalue weighted by atomic mass is 9.73. The average molecular weight is 640 g/mol. The molecule has 4 aromatic rings. The van der Waals surface area contributed by atoms with Crippen LogP contribution in [0.2, 0.25) is 5.02 Å². The molecule has 2 aromatic heterocycles. The van der Waals surface area contributed by atoms with Crippen LogP contribution in [0.3, 0.4) is 0 Å². The Kier molecular flexibility index (Phi) is 8.59. The number of aromatic nitrogens is 4. The van der Waals surface area contributed by atoms with Gasteiger partial charge in [-0.15, -0.1) is 5.10 Å². The molecule has 0 bridgehead atoms. The summed E-state index contributed by atoms with van der Waals surface area (Å²) in [7, 11) is 0. The monoisotopic (exact) mass is 639 g/mol. The Labute approximate surface area is 270 Å². The van der Waals surface area contributed by atoms with Crippen molar-refractivity contribution in [2.45, 2.75) is 39.8 Å². The van der Waals surface area contributed by atoms with Gasteiger partial charge in [-0.05, 0) is 60.4 Å². The van der Waals surface area contributed by atoms with Crippen molar-refractivity contribution in [2.75, 3.05) is 6.54 Å². The van der Waals surface area contributed by atoms with E-state index in [1.807, 2.05) is 19.1 Å². The third-order valence-corrected chi connectivity index (χ3v) is 9.03. The second-order valence-electron chi connectivity index (χ2n) is 11.5. The van der Waals surface area contributed by atoms with Gasteiger partial charge in [-0.1, -0.05) is 48.9 Å². The van der Waals surface area contributed by atoms with Gasteiger partial charge in [0.25, 0.3) is 11.8 Å². The van der Waals surface area contributed by atoms with Gasteiger partial charge in [0, 0.05) is 47.1 Å². The van der Waals surface area contributed by atoms with Crippen LogP contribution in [0.1, 0.15) is 64.2 Å². The second kappa shape index (κ2) is 12.8. The van der Waals surface area contributed by atoms with Crippen LogP contribution in [-0.2, 0) is 17.9 Å². The predicted molar refractivity (Wildman–Crippen MR) is 170 cm³/mol. The maximum Gasteiger partial charge on any atom is 0.261 e. The Hall–Kier alpha value is -5.03. The Bertz CT molecular complexity index is 1870. The average Bonchev–Trinajstić information content (AvgIpc) is 3.59. The number of carbonyl (C=O) groups is 3. The van der Waals surface area contributed by atoms with Crippen molar-refractivity contribution in [2.24, 2.45) is 16.8 Å². The number of nitrogens with zero attached hydrogens (tertiary/aromatic N) is 6. The fourth-order valence-corrected chi connectivity index (χ4v) is 6.44. The molecule has 0 aliphatic carbocycles. The van der Waals surface area contributed by atoms with Crippen molar-refractivity contribution in [1.82, 2.24) is 30.2 Å². The minimum Gasteiger partial charge on any atom is -0.346 e. The summed E-state index contributed by atoms with van der Waals surface area (Å²) in [5.74, 6) is -2.21. The number of hydrogen-bond acceptors (Lipinski definition) is 7. The van der Waals surface area contributed by atoms with E-state index >= 15 is 0 Å². The molecule has 2 aromatic carbocycles. The Balaban J connectivity index is 1.22. The van der Waals surface area contributed by atoms with Gasteiger partial charge in [0.05, 0.1) is 36.1 Å². The molecule has 0 radical (unpaired) electrons. The highest BCUT2D eigenvalue weighted by Gasteiger charge is 2.38. The number of imide groups is 1. The molecule has 0 spiro atoms. The van der Waals surface area contributed by atoms with Crippen molar-refractivity contribution in [3.8, 4) is 0 Å². The molecule has 234 valence electrons. The molecule has 1 N–H and O–H groups in total. The number of amides is 3. The molecule has 0 saturated carbocycles. The van der Waals surface area contributed by atoms with E-state index in [1.54, 1.807) is 55.8 Å². The molecule has 3 amide bonds. The first-order valence-corrected chi connectivity index (χ1v) is 15.3. The van der Waals surface area contributed by atoms with Gasteiger partial charge in [0.2, 0.25) is 5.91 Å². The van der Waals surface area contributed by atoms with Gasteiger partial charge in [0.15, 0.2) is 0 Å². The molecule has 0 saturated heterocycles. The number of hydrogen-bond donors (Lipinski definition) is 1. The first kappa shape index (κ1) is 31.0. The highest BCUT2D eigenvalue weighted by atomic mass is 35.5. The summed E-state index contributed by atoms with van der Waals surface area (Å²) in [6.45, 7) is 6.32. The fraction of sp³-hybridized carbons (Fsp3) is 0.265. The van der Waals surface area contributed by atoms with E-state index in [9.17, 15) is 18.8 Å². The number of rotatable bonds is 8. The lowest BCUT2D eigenvalue weighted by Crippen LogP contribution is -2.33. The van der Waals surface area contributed by atoms with Crippen molar-refractivity contribution in [3.63, 3.8) is 0 Å². The van der Waals surface area contributed by atoms with Gasteiger partial charge < -0.3 is 5.32 Å². The van der Waals surface area contributed by atoms with E-state index in [2.05, 4.69) is 27.5 Å². The summed E-state index contributed by atoms with van der Waals surface area (Å²) in [6.07, 6.45) is 5.06. The maximum absolute atomic E-state index is 14.1. The summed E-state index contributed by atoms with van der Waals surface area (Å²) in [4.78, 5) is 49.6. The quantitative estimate of drug-likeness (QED) is 0.264. The van der Waals surface area contributed by atoms with Gasteiger partial charge >= 0.3 is 0 Å². The Morgan fingerprint density at radius 1 is 1.00 bits per heavy atom. The second-order valence-corrected chi connectivity index (χ2v) is 11.9. The summed E-state index contributed by atoms with van der Waals surface area (Å²) in [6, 6.07) is 14.7. The van der Waals surface area contributed by atoms with Crippen molar-refractivity contribution >= 4 is 35.0 Å². The molecule has 2 aliphatic heterocycles. The number of aliphatic imine (C=N–C) groups is 1. The normalized spacial score (nSPS) is 19.6. The van der Waals surface area contributed by atoms with Crippen LogP contribution in [0, 0.1) is 17.7 Å². The van der Waals surface area contributed by atoms with Crippen molar-refractivity contribution < 1.29 is 18.8 Å². The number of carbonyl (C=O) groups excluding carboxylic acids is 3. The van der Waals surface area contributed by atoms with Crippen LogP contribution >= 0.6 is 11.6 Å². The molecule has 6 rings (SSSR count). The highest BCUT2D eigenvalue weighted by molar-refractivity contribution is 6.31. The lowest BCUT2D eigenvalue weighted by Gasteiger charge is -2.30. The first-order chi connectivity index (χ1) is 22.1. The number of allylic oxidation sites excluding steroid dienone is 1. The topological polar surface area (TPSA) is 122 Å². The van der Waals surface area contributed by atoms with E-state index in [-0.39, 0.29) is 54.2 Å². The van der Waals surface area contributed by atoms with E-state index in [0.717, 1.165) is 11.3 Å². The lowest BCUT2D eigenvalue weighted by molar-refractivity contribution is -0.118. The number of pyridine rings is 1. The van der Waals surface area contributed by atoms with Gasteiger partial charge in [-0.2, -0.15) is 0 Å². The van der Waals surface area contributed by atoms with Gasteiger partial charge in [0.1, 0.15) is 11.5 Å². The number of nitrogens with one attached hydrogen (secondary N) is 1. The summed E-state index contributed by atoms with van der Waals surface area (Å²) >= 11 is 6.59. The van der Waals surface area contributed by atoms with Crippen molar-refractivity contribution in [3.05, 3.63) is 123 Å². The third kappa shape index (κ3) is 5.85. The first-order valence-electron chi connectivity index (χ1n) is 14.9. The fourth-order valence-electron chi connectivity index (χ4n) is 6.16. The van der Waals surface area contributed by atoms with E-state index in [1.165, 1.54) is 21.7 Å². The minimum absolute atomic E-state index is 0.0668. The standard InChI is InChI=1S/C34H31ClFN7O3/c1-19-20(2)31(22-10-12-37-13-11-22)39-21(3)30(29(19)27-9-8-23(36)16-28(27)35)32(44)38-17-24-18-42(41-40-24)14-15-43-33(45)25-6-4-5-7-26(25)34(43)46/h4-13,16,18-20,29H,14-15,17H2,1-3H3,(H,38,44). The molecule has 4 heterocycles. The molecule has 3 atom stereocenters. The van der Waals surface area contributed by atoms with Crippen LogP contribution in [0.4, 0.5) is 4.39 Å². The smallest absolute Gasteiger partial charge is 0.261 e. The molecule has 46 heavy (non-hydrogen) atoms. The summed E-state index contributed by atoms with van der Waals surface area (Å²) in [5, 5.41) is 11.5. The molecule has 3 unspecified atom stereocenters. The van der Waals surface area contributed by atoms with Gasteiger partial charge in [-0.3, -0.25) is 33.9 Å². The zero-order chi connectivity index (χ0) is 32.5. The highest BCUT2D eigenvalue weighted by Crippen LogP contribution is 2.44.